The largest absolute Gasteiger partial charge is 0.289 e. The molecule has 8 nitrogen and oxygen atoms in total. The van der Waals surface area contributed by atoms with Crippen molar-refractivity contribution < 1.29 is 4.79 Å². The molecule has 0 fully saturated rings. The van der Waals surface area contributed by atoms with E-state index in [-0.39, 0.29) is 11.9 Å². The Bertz CT molecular complexity index is 674. The Labute approximate surface area is 107 Å². The Kier molecular flexibility index (Phi) is 2.73. The maximum atomic E-state index is 11.9. The number of nitrogens with one attached hydrogen (secondary N) is 3. The third-order valence-corrected chi connectivity index (χ3v) is 2.40. The molecule has 3 heterocycles. The van der Waals surface area contributed by atoms with Crippen LogP contribution in [0.5, 0.6) is 0 Å². The second-order valence-corrected chi connectivity index (χ2v) is 3.67. The fourth-order valence-electron chi connectivity index (χ4n) is 1.52. The van der Waals surface area contributed by atoms with Crippen molar-refractivity contribution in [3.63, 3.8) is 0 Å². The van der Waals surface area contributed by atoms with Gasteiger partial charge < -0.3 is 0 Å². The van der Waals surface area contributed by atoms with E-state index < -0.39 is 0 Å². The van der Waals surface area contributed by atoms with Gasteiger partial charge in [-0.2, -0.15) is 15.2 Å². The van der Waals surface area contributed by atoms with Gasteiger partial charge in [-0.1, -0.05) is 6.07 Å². The average Bonchev–Trinajstić information content (AvgIpc) is 3.10. The molecule has 19 heavy (non-hydrogen) atoms. The molecule has 3 rings (SSSR count). The standard InChI is InChI=1S/C11H9N7O/c19-10(15-11-13-6-14-18-11)9-5-8(16-17-9)7-3-1-2-4-12-7/h1-6H,(H,16,17)(H2,13,14,15,18,19). The van der Waals surface area contributed by atoms with Crippen LogP contribution in [0.4, 0.5) is 5.95 Å². The molecule has 0 saturated carbocycles. The van der Waals surface area contributed by atoms with Gasteiger partial charge in [-0.05, 0) is 18.2 Å². The van der Waals surface area contributed by atoms with Crippen LogP contribution in [0, 0.1) is 0 Å². The van der Waals surface area contributed by atoms with Gasteiger partial charge in [-0.3, -0.25) is 20.2 Å². The zero-order valence-corrected chi connectivity index (χ0v) is 9.66. The first kappa shape index (κ1) is 11.1. The van der Waals surface area contributed by atoms with Gasteiger partial charge in [0.2, 0.25) is 5.95 Å². The Balaban J connectivity index is 1.80. The zero-order valence-electron chi connectivity index (χ0n) is 9.66. The number of carbonyl (C=O) groups is 1. The van der Waals surface area contributed by atoms with Crippen LogP contribution >= 0.6 is 0 Å². The molecule has 0 spiro atoms. The summed E-state index contributed by atoms with van der Waals surface area (Å²) in [4.78, 5) is 19.8. The van der Waals surface area contributed by atoms with Crippen molar-refractivity contribution in [2.24, 2.45) is 0 Å². The molecule has 3 aromatic rings. The smallest absolute Gasteiger partial charge is 0.276 e. The number of hydrogen-bond donors (Lipinski definition) is 3. The predicted octanol–water partition coefficient (Wildman–Crippen LogP) is 0.842. The van der Waals surface area contributed by atoms with Gasteiger partial charge in [-0.25, -0.2) is 5.10 Å². The maximum absolute atomic E-state index is 11.9. The Hall–Kier alpha value is -3.03. The highest BCUT2D eigenvalue weighted by atomic mass is 16.2. The number of H-pyrrole nitrogens is 2. The SMILES string of the molecule is O=C(Nc1ncn[nH]1)c1cc(-c2ccccn2)n[nH]1. The van der Waals surface area contributed by atoms with Gasteiger partial charge in [0.25, 0.3) is 5.91 Å². The van der Waals surface area contributed by atoms with Crippen LogP contribution in [0.1, 0.15) is 10.5 Å². The lowest BCUT2D eigenvalue weighted by Gasteiger charge is -1.96. The van der Waals surface area contributed by atoms with Crippen LogP contribution in [0.3, 0.4) is 0 Å². The average molecular weight is 255 g/mol. The molecule has 94 valence electrons. The molecule has 0 bridgehead atoms. The van der Waals surface area contributed by atoms with Gasteiger partial charge in [0.1, 0.15) is 17.7 Å². The third-order valence-electron chi connectivity index (χ3n) is 2.40. The monoisotopic (exact) mass is 255 g/mol. The summed E-state index contributed by atoms with van der Waals surface area (Å²) in [5, 5.41) is 15.4. The summed E-state index contributed by atoms with van der Waals surface area (Å²) < 4.78 is 0. The zero-order chi connectivity index (χ0) is 13.1. The van der Waals surface area contributed by atoms with Gasteiger partial charge >= 0.3 is 0 Å². The molecular weight excluding hydrogens is 246 g/mol. The lowest BCUT2D eigenvalue weighted by Crippen LogP contribution is -2.13. The number of aromatic amines is 2. The second kappa shape index (κ2) is 4.69. The highest BCUT2D eigenvalue weighted by Crippen LogP contribution is 2.14. The quantitative estimate of drug-likeness (QED) is 0.642. The number of amides is 1. The predicted molar refractivity (Wildman–Crippen MR) is 66.2 cm³/mol. The lowest BCUT2D eigenvalue weighted by atomic mass is 10.2. The molecule has 0 aliphatic heterocycles. The van der Waals surface area contributed by atoms with Gasteiger partial charge in [0.15, 0.2) is 0 Å². The van der Waals surface area contributed by atoms with E-state index in [1.807, 2.05) is 18.2 Å². The van der Waals surface area contributed by atoms with E-state index in [9.17, 15) is 4.79 Å². The van der Waals surface area contributed by atoms with Crippen LogP contribution in [0.15, 0.2) is 36.8 Å². The van der Waals surface area contributed by atoms with Crippen molar-refractivity contribution in [1.82, 2.24) is 30.4 Å². The van der Waals surface area contributed by atoms with Crippen LogP contribution < -0.4 is 5.32 Å². The molecule has 8 heteroatoms. The van der Waals surface area contributed by atoms with Crippen molar-refractivity contribution in [3.05, 3.63) is 42.5 Å². The minimum absolute atomic E-state index is 0.277. The van der Waals surface area contributed by atoms with Gasteiger partial charge in [0.05, 0.1) is 5.69 Å². The molecule has 0 unspecified atom stereocenters. The van der Waals surface area contributed by atoms with Crippen molar-refractivity contribution >= 4 is 11.9 Å². The van der Waals surface area contributed by atoms with E-state index in [1.54, 1.807) is 12.3 Å². The fourth-order valence-corrected chi connectivity index (χ4v) is 1.52. The molecule has 3 N–H and O–H groups in total. The molecule has 0 radical (unpaired) electrons. The number of rotatable bonds is 3. The number of anilines is 1. The third kappa shape index (κ3) is 2.32. The Morgan fingerprint density at radius 1 is 1.16 bits per heavy atom. The van der Waals surface area contributed by atoms with Gasteiger partial charge in [-0.15, -0.1) is 0 Å². The number of pyridine rings is 1. The van der Waals surface area contributed by atoms with Crippen molar-refractivity contribution in [3.8, 4) is 11.4 Å². The maximum Gasteiger partial charge on any atom is 0.276 e. The van der Waals surface area contributed by atoms with E-state index in [1.165, 1.54) is 6.33 Å². The molecule has 3 aromatic heterocycles. The Morgan fingerprint density at radius 2 is 2.11 bits per heavy atom. The molecular formula is C11H9N7O. The van der Waals surface area contributed by atoms with E-state index >= 15 is 0 Å². The van der Waals surface area contributed by atoms with Crippen molar-refractivity contribution in [2.75, 3.05) is 5.32 Å². The van der Waals surface area contributed by atoms with E-state index in [4.69, 9.17) is 0 Å². The second-order valence-electron chi connectivity index (χ2n) is 3.67. The van der Waals surface area contributed by atoms with Gasteiger partial charge in [0, 0.05) is 6.20 Å². The number of carbonyl (C=O) groups excluding carboxylic acids is 1. The molecule has 0 aromatic carbocycles. The van der Waals surface area contributed by atoms with Crippen molar-refractivity contribution in [2.45, 2.75) is 0 Å². The summed E-state index contributed by atoms with van der Waals surface area (Å²) in [6.07, 6.45) is 2.97. The summed E-state index contributed by atoms with van der Waals surface area (Å²) in [5.74, 6) is -0.0783. The van der Waals surface area contributed by atoms with Crippen LogP contribution in [0.25, 0.3) is 11.4 Å². The highest BCUT2D eigenvalue weighted by molar-refractivity contribution is 6.02. The summed E-state index contributed by atoms with van der Waals surface area (Å²) in [6.45, 7) is 0. The van der Waals surface area contributed by atoms with Crippen LogP contribution in [-0.4, -0.2) is 36.3 Å². The van der Waals surface area contributed by atoms with Crippen LogP contribution in [0.2, 0.25) is 0 Å². The first-order valence-corrected chi connectivity index (χ1v) is 5.46. The summed E-state index contributed by atoms with van der Waals surface area (Å²) >= 11 is 0. The molecule has 0 aliphatic rings. The lowest BCUT2D eigenvalue weighted by molar-refractivity contribution is 0.102. The van der Waals surface area contributed by atoms with E-state index in [2.05, 4.69) is 35.7 Å². The minimum Gasteiger partial charge on any atom is -0.289 e. The first-order valence-electron chi connectivity index (χ1n) is 5.46. The molecule has 0 aliphatic carbocycles. The highest BCUT2D eigenvalue weighted by Gasteiger charge is 2.12. The van der Waals surface area contributed by atoms with E-state index in [0.717, 1.165) is 0 Å². The van der Waals surface area contributed by atoms with Crippen LogP contribution in [-0.2, 0) is 0 Å². The topological polar surface area (TPSA) is 112 Å². The van der Waals surface area contributed by atoms with Crippen molar-refractivity contribution in [1.29, 1.82) is 0 Å². The molecule has 0 atom stereocenters. The van der Waals surface area contributed by atoms with E-state index in [0.29, 0.717) is 17.1 Å². The molecule has 1 amide bonds. The molecule has 0 saturated heterocycles. The fraction of sp³-hybridized carbons (Fsp3) is 0. The minimum atomic E-state index is -0.355. The summed E-state index contributed by atoms with van der Waals surface area (Å²) in [5.41, 5.74) is 1.61. The summed E-state index contributed by atoms with van der Waals surface area (Å²) in [7, 11) is 0. The normalized spacial score (nSPS) is 10.3. The number of hydrogen-bond acceptors (Lipinski definition) is 5. The summed E-state index contributed by atoms with van der Waals surface area (Å²) in [6, 6.07) is 7.10. The first-order chi connectivity index (χ1) is 9.33. The Morgan fingerprint density at radius 3 is 2.84 bits per heavy atom. The number of aromatic nitrogens is 6. The number of nitrogens with zero attached hydrogens (tertiary/aromatic N) is 4.